The molecule has 0 saturated carbocycles. The lowest BCUT2D eigenvalue weighted by atomic mass is 10.0. The Bertz CT molecular complexity index is 644. The molecule has 4 heteroatoms. The van der Waals surface area contributed by atoms with Crippen molar-refractivity contribution in [1.29, 1.82) is 0 Å². The van der Waals surface area contributed by atoms with Gasteiger partial charge in [0.15, 0.2) is 5.78 Å². The van der Waals surface area contributed by atoms with Gasteiger partial charge in [-0.05, 0) is 37.1 Å². The lowest BCUT2D eigenvalue weighted by molar-refractivity contribution is 0.0965. The maximum absolute atomic E-state index is 12.0. The van der Waals surface area contributed by atoms with Crippen molar-refractivity contribution < 1.29 is 4.79 Å². The molecule has 0 amide bonds. The number of aromatic nitrogens is 2. The molecular formula is C14H14N2O2. The van der Waals surface area contributed by atoms with Crippen LogP contribution in [0.2, 0.25) is 0 Å². The highest BCUT2D eigenvalue weighted by molar-refractivity contribution is 5.96. The molecule has 2 rings (SSSR count). The maximum atomic E-state index is 12.0. The van der Waals surface area contributed by atoms with Crippen LogP contribution in [-0.2, 0) is 6.54 Å². The number of hydrogen-bond donors (Lipinski definition) is 0. The van der Waals surface area contributed by atoms with Gasteiger partial charge >= 0.3 is 0 Å². The predicted molar refractivity (Wildman–Crippen MR) is 68.7 cm³/mol. The van der Waals surface area contributed by atoms with Crippen LogP contribution in [0.3, 0.4) is 0 Å². The van der Waals surface area contributed by atoms with Crippen molar-refractivity contribution in [2.45, 2.75) is 20.4 Å². The summed E-state index contributed by atoms with van der Waals surface area (Å²) >= 11 is 0. The Hall–Kier alpha value is -2.23. The van der Waals surface area contributed by atoms with Crippen molar-refractivity contribution in [3.63, 3.8) is 0 Å². The molecule has 0 fully saturated rings. The van der Waals surface area contributed by atoms with Gasteiger partial charge in [0, 0.05) is 17.8 Å². The van der Waals surface area contributed by atoms with E-state index in [1.54, 1.807) is 12.1 Å². The topological polar surface area (TPSA) is 52.0 Å². The second-order valence-corrected chi connectivity index (χ2v) is 4.24. The highest BCUT2D eigenvalue weighted by atomic mass is 16.1. The van der Waals surface area contributed by atoms with Crippen LogP contribution in [0, 0.1) is 13.8 Å². The summed E-state index contributed by atoms with van der Waals surface area (Å²) in [5.41, 5.74) is 2.54. The van der Waals surface area contributed by atoms with Crippen LogP contribution in [-0.4, -0.2) is 15.6 Å². The average Bonchev–Trinajstić information content (AvgIpc) is 2.35. The van der Waals surface area contributed by atoms with E-state index in [9.17, 15) is 9.59 Å². The van der Waals surface area contributed by atoms with E-state index >= 15 is 0 Å². The molecule has 4 nitrogen and oxygen atoms in total. The van der Waals surface area contributed by atoms with E-state index in [0.717, 1.165) is 15.8 Å². The first-order valence-corrected chi connectivity index (χ1v) is 5.70. The van der Waals surface area contributed by atoms with Crippen LogP contribution >= 0.6 is 0 Å². The molecule has 0 unspecified atom stereocenters. The van der Waals surface area contributed by atoms with E-state index in [1.165, 1.54) is 12.3 Å². The average molecular weight is 242 g/mol. The van der Waals surface area contributed by atoms with Gasteiger partial charge in [0.25, 0.3) is 5.56 Å². The van der Waals surface area contributed by atoms with Crippen LogP contribution in [0.25, 0.3) is 0 Å². The highest BCUT2D eigenvalue weighted by Crippen LogP contribution is 2.10. The zero-order valence-electron chi connectivity index (χ0n) is 10.4. The van der Waals surface area contributed by atoms with E-state index in [2.05, 4.69) is 5.10 Å². The number of carbonyl (C=O) groups is 1. The summed E-state index contributed by atoms with van der Waals surface area (Å²) in [6.45, 7) is 3.92. The van der Waals surface area contributed by atoms with Crippen LogP contribution in [0.15, 0.2) is 41.3 Å². The number of benzene rings is 1. The van der Waals surface area contributed by atoms with Crippen molar-refractivity contribution in [1.82, 2.24) is 9.78 Å². The molecule has 0 aliphatic carbocycles. The van der Waals surface area contributed by atoms with Gasteiger partial charge in [0.2, 0.25) is 0 Å². The monoisotopic (exact) mass is 242 g/mol. The van der Waals surface area contributed by atoms with Gasteiger partial charge in [0.1, 0.15) is 6.54 Å². The smallest absolute Gasteiger partial charge is 0.267 e. The molecule has 0 aliphatic rings. The molecule has 0 bridgehead atoms. The van der Waals surface area contributed by atoms with Crippen molar-refractivity contribution in [3.8, 4) is 0 Å². The summed E-state index contributed by atoms with van der Waals surface area (Å²) in [7, 11) is 0. The minimum absolute atomic E-state index is 0.0256. The summed E-state index contributed by atoms with van der Waals surface area (Å²) in [5.74, 6) is -0.112. The molecule has 0 spiro atoms. The molecular weight excluding hydrogens is 228 g/mol. The zero-order chi connectivity index (χ0) is 13.1. The SMILES string of the molecule is Cc1ccc(C(=O)Cn2ncccc2=O)cc1C. The van der Waals surface area contributed by atoms with Crippen LogP contribution < -0.4 is 5.56 Å². The molecule has 0 N–H and O–H groups in total. The van der Waals surface area contributed by atoms with Crippen molar-refractivity contribution >= 4 is 5.78 Å². The number of aryl methyl sites for hydroxylation is 2. The van der Waals surface area contributed by atoms with Gasteiger partial charge in [-0.3, -0.25) is 9.59 Å². The van der Waals surface area contributed by atoms with E-state index in [1.807, 2.05) is 26.0 Å². The second kappa shape index (κ2) is 4.96. The normalized spacial score (nSPS) is 10.3. The van der Waals surface area contributed by atoms with Crippen molar-refractivity contribution in [2.75, 3.05) is 0 Å². The largest absolute Gasteiger partial charge is 0.292 e. The van der Waals surface area contributed by atoms with E-state index in [4.69, 9.17) is 0 Å². The van der Waals surface area contributed by atoms with Gasteiger partial charge in [0.05, 0.1) is 0 Å². The Kier molecular flexibility index (Phi) is 3.37. The molecule has 92 valence electrons. The third-order valence-electron chi connectivity index (χ3n) is 2.91. The number of Topliss-reactive ketones (excluding diaryl/α,β-unsaturated/α-hetero) is 1. The Morgan fingerprint density at radius 1 is 1.22 bits per heavy atom. The van der Waals surface area contributed by atoms with Crippen LogP contribution in [0.4, 0.5) is 0 Å². The lowest BCUT2D eigenvalue weighted by Gasteiger charge is -2.05. The number of carbonyl (C=O) groups excluding carboxylic acids is 1. The third-order valence-corrected chi connectivity index (χ3v) is 2.91. The Balaban J connectivity index is 2.25. The molecule has 1 aromatic heterocycles. The minimum atomic E-state index is -0.269. The van der Waals surface area contributed by atoms with Gasteiger partial charge in [-0.2, -0.15) is 5.10 Å². The summed E-state index contributed by atoms with van der Waals surface area (Å²) in [5, 5.41) is 3.87. The molecule has 0 radical (unpaired) electrons. The summed E-state index contributed by atoms with van der Waals surface area (Å²) in [4.78, 5) is 23.5. The molecule has 1 heterocycles. The van der Waals surface area contributed by atoms with Gasteiger partial charge < -0.3 is 0 Å². The second-order valence-electron chi connectivity index (χ2n) is 4.24. The Labute approximate surface area is 105 Å². The fourth-order valence-corrected chi connectivity index (χ4v) is 1.65. The minimum Gasteiger partial charge on any atom is -0.292 e. The van der Waals surface area contributed by atoms with Crippen molar-refractivity contribution in [2.24, 2.45) is 0 Å². The number of rotatable bonds is 3. The standard InChI is InChI=1S/C14H14N2O2/c1-10-5-6-12(8-11(10)2)13(17)9-16-14(18)4-3-7-15-16/h3-8H,9H2,1-2H3. The van der Waals surface area contributed by atoms with E-state index in [0.29, 0.717) is 5.56 Å². The molecule has 0 atom stereocenters. The van der Waals surface area contributed by atoms with E-state index < -0.39 is 0 Å². The molecule has 18 heavy (non-hydrogen) atoms. The maximum Gasteiger partial charge on any atom is 0.267 e. The molecule has 1 aromatic carbocycles. The van der Waals surface area contributed by atoms with Gasteiger partial charge in [-0.25, -0.2) is 4.68 Å². The zero-order valence-corrected chi connectivity index (χ0v) is 10.4. The Morgan fingerprint density at radius 2 is 2.00 bits per heavy atom. The predicted octanol–water partition coefficient (Wildman–Crippen LogP) is 1.74. The number of nitrogens with zero attached hydrogens (tertiary/aromatic N) is 2. The lowest BCUT2D eigenvalue weighted by Crippen LogP contribution is -2.25. The van der Waals surface area contributed by atoms with Gasteiger partial charge in [-0.1, -0.05) is 12.1 Å². The van der Waals surface area contributed by atoms with Gasteiger partial charge in [-0.15, -0.1) is 0 Å². The summed E-state index contributed by atoms with van der Waals surface area (Å²) < 4.78 is 1.16. The van der Waals surface area contributed by atoms with E-state index in [-0.39, 0.29) is 17.9 Å². The molecule has 0 aliphatic heterocycles. The third kappa shape index (κ3) is 2.53. The fourth-order valence-electron chi connectivity index (χ4n) is 1.65. The first kappa shape index (κ1) is 12.2. The fraction of sp³-hybridized carbons (Fsp3) is 0.214. The Morgan fingerprint density at radius 3 is 2.67 bits per heavy atom. The first-order valence-electron chi connectivity index (χ1n) is 5.70. The van der Waals surface area contributed by atoms with Crippen molar-refractivity contribution in [3.05, 3.63) is 63.6 Å². The number of ketones is 1. The molecule has 0 saturated heterocycles. The first-order chi connectivity index (χ1) is 8.58. The number of hydrogen-bond acceptors (Lipinski definition) is 3. The van der Waals surface area contributed by atoms with Crippen LogP contribution in [0.1, 0.15) is 21.5 Å². The molecule has 2 aromatic rings. The summed E-state index contributed by atoms with van der Waals surface area (Å²) in [6.07, 6.45) is 1.50. The van der Waals surface area contributed by atoms with Crippen LogP contribution in [0.5, 0.6) is 0 Å². The quantitative estimate of drug-likeness (QED) is 0.770. The summed E-state index contributed by atoms with van der Waals surface area (Å²) in [6, 6.07) is 8.47. The highest BCUT2D eigenvalue weighted by Gasteiger charge is 2.09.